The van der Waals surface area contributed by atoms with Crippen molar-refractivity contribution in [3.8, 4) is 16.9 Å². The molecule has 0 aliphatic carbocycles. The molecule has 0 atom stereocenters. The highest BCUT2D eigenvalue weighted by molar-refractivity contribution is 6.31. The molecule has 8 nitrogen and oxygen atoms in total. The molecule has 0 spiro atoms. The third-order valence-corrected chi connectivity index (χ3v) is 4.47. The summed E-state index contributed by atoms with van der Waals surface area (Å²) in [5.74, 6) is -1.43. The highest BCUT2D eigenvalue weighted by Crippen LogP contribution is 2.40. The van der Waals surface area contributed by atoms with Gasteiger partial charge < -0.3 is 26.3 Å². The highest BCUT2D eigenvalue weighted by atomic mass is 35.5. The van der Waals surface area contributed by atoms with Crippen molar-refractivity contribution in [3.05, 3.63) is 41.6 Å². The molecule has 0 saturated heterocycles. The van der Waals surface area contributed by atoms with Crippen molar-refractivity contribution >= 4 is 51.1 Å². The van der Waals surface area contributed by atoms with Crippen LogP contribution in [0.2, 0.25) is 5.02 Å². The fraction of sp³-hybridized carbons (Fsp3) is 0.105. The number of carboxylic acids is 1. The smallest absolute Gasteiger partial charge is 0.490 e. The van der Waals surface area contributed by atoms with Gasteiger partial charge in [-0.15, -0.1) is 0 Å². The molecular formula is C19H15ClF3N5O3. The van der Waals surface area contributed by atoms with Crippen LogP contribution in [0.15, 0.2) is 36.5 Å². The van der Waals surface area contributed by atoms with E-state index in [0.717, 1.165) is 32.9 Å². The number of rotatable bonds is 2. The lowest BCUT2D eigenvalue weighted by Crippen LogP contribution is -2.21. The first-order valence-corrected chi connectivity index (χ1v) is 8.87. The van der Waals surface area contributed by atoms with E-state index in [1.807, 2.05) is 24.3 Å². The Labute approximate surface area is 177 Å². The first kappa shape index (κ1) is 22.0. The molecule has 6 N–H and O–H groups in total. The van der Waals surface area contributed by atoms with Gasteiger partial charge in [-0.25, -0.2) is 4.79 Å². The Hall–Kier alpha value is -3.73. The van der Waals surface area contributed by atoms with Gasteiger partial charge in [0.15, 0.2) is 5.95 Å². The summed E-state index contributed by atoms with van der Waals surface area (Å²) in [5, 5.41) is 9.43. The number of hydrogen-bond donors (Lipinski definition) is 4. The number of methoxy groups -OCH3 is 1. The summed E-state index contributed by atoms with van der Waals surface area (Å²) in [4.78, 5) is 20.6. The average molecular weight is 454 g/mol. The van der Waals surface area contributed by atoms with Gasteiger partial charge in [-0.3, -0.25) is 4.98 Å². The van der Waals surface area contributed by atoms with E-state index in [0.29, 0.717) is 16.6 Å². The second-order valence-corrected chi connectivity index (χ2v) is 6.65. The van der Waals surface area contributed by atoms with Gasteiger partial charge in [0.05, 0.1) is 18.1 Å². The van der Waals surface area contributed by atoms with Crippen LogP contribution < -0.4 is 16.2 Å². The van der Waals surface area contributed by atoms with Crippen LogP contribution in [0.1, 0.15) is 0 Å². The zero-order valence-electron chi connectivity index (χ0n) is 15.8. The number of anilines is 2. The summed E-state index contributed by atoms with van der Waals surface area (Å²) in [6.07, 6.45) is -3.35. The molecule has 0 fully saturated rings. The van der Waals surface area contributed by atoms with Crippen LogP contribution in [0.5, 0.6) is 5.75 Å². The fourth-order valence-corrected chi connectivity index (χ4v) is 3.18. The van der Waals surface area contributed by atoms with Gasteiger partial charge in [0, 0.05) is 33.1 Å². The van der Waals surface area contributed by atoms with E-state index in [2.05, 4.69) is 15.0 Å². The van der Waals surface area contributed by atoms with Gasteiger partial charge >= 0.3 is 12.1 Å². The maximum absolute atomic E-state index is 10.6. The minimum absolute atomic E-state index is 0.253. The molecule has 2 aromatic carbocycles. The lowest BCUT2D eigenvalue weighted by atomic mass is 9.99. The molecule has 0 aliphatic rings. The molecule has 31 heavy (non-hydrogen) atoms. The number of nitrogens with one attached hydrogen (secondary N) is 1. The van der Waals surface area contributed by atoms with E-state index < -0.39 is 12.1 Å². The SMILES string of the molecule is COc1ccc(Cl)cc1-c1cc2[nH]c(N)nc(N)c2c2ccnc12.O=C(O)C(F)(F)F. The zero-order chi connectivity index (χ0) is 22.9. The first-order chi connectivity index (χ1) is 14.5. The second-order valence-electron chi connectivity index (χ2n) is 6.21. The quantitative estimate of drug-likeness (QED) is 0.356. The maximum Gasteiger partial charge on any atom is 0.490 e. The van der Waals surface area contributed by atoms with Crippen molar-refractivity contribution in [1.29, 1.82) is 0 Å². The molecule has 0 unspecified atom stereocenters. The molecule has 162 valence electrons. The summed E-state index contributed by atoms with van der Waals surface area (Å²) in [7, 11) is 1.62. The van der Waals surface area contributed by atoms with E-state index in [4.69, 9.17) is 37.7 Å². The number of halogens is 4. The van der Waals surface area contributed by atoms with Gasteiger partial charge in [0.2, 0.25) is 0 Å². The third kappa shape index (κ3) is 4.40. The van der Waals surface area contributed by atoms with Gasteiger partial charge in [-0.2, -0.15) is 18.2 Å². The molecule has 2 heterocycles. The third-order valence-electron chi connectivity index (χ3n) is 4.24. The number of nitrogens with zero attached hydrogens (tertiary/aromatic N) is 2. The molecule has 0 aliphatic heterocycles. The average Bonchev–Trinajstić information content (AvgIpc) is 3.16. The molecule has 0 radical (unpaired) electrons. The van der Waals surface area contributed by atoms with Gasteiger partial charge in [-0.1, -0.05) is 11.6 Å². The highest BCUT2D eigenvalue weighted by Gasteiger charge is 2.38. The van der Waals surface area contributed by atoms with Crippen LogP contribution in [0.4, 0.5) is 24.9 Å². The van der Waals surface area contributed by atoms with E-state index in [1.54, 1.807) is 19.4 Å². The Kier molecular flexibility index (Phi) is 5.80. The van der Waals surface area contributed by atoms with Crippen molar-refractivity contribution < 1.29 is 27.8 Å². The first-order valence-electron chi connectivity index (χ1n) is 8.49. The predicted octanol–water partition coefficient (Wildman–Crippen LogP) is 4.24. The van der Waals surface area contributed by atoms with Crippen molar-refractivity contribution in [1.82, 2.24) is 15.0 Å². The zero-order valence-corrected chi connectivity index (χ0v) is 16.5. The number of nitrogens with two attached hydrogens (primary N) is 2. The van der Waals surface area contributed by atoms with Crippen LogP contribution >= 0.6 is 11.6 Å². The number of benzene rings is 2. The van der Waals surface area contributed by atoms with Crippen molar-refractivity contribution in [2.75, 3.05) is 18.6 Å². The number of alkyl halides is 3. The van der Waals surface area contributed by atoms with Crippen molar-refractivity contribution in [2.24, 2.45) is 0 Å². The van der Waals surface area contributed by atoms with Crippen LogP contribution in [0, 0.1) is 0 Å². The number of fused-ring (bicyclic) bond motifs is 3. The number of ether oxygens (including phenoxy) is 1. The number of H-pyrrole nitrogens is 1. The fourth-order valence-electron chi connectivity index (χ4n) is 3.00. The minimum Gasteiger partial charge on any atom is -0.496 e. The normalized spacial score (nSPS) is 11.3. The van der Waals surface area contributed by atoms with Gasteiger partial charge in [0.1, 0.15) is 11.6 Å². The van der Waals surface area contributed by atoms with E-state index >= 15 is 0 Å². The van der Waals surface area contributed by atoms with Crippen LogP contribution in [-0.2, 0) is 4.79 Å². The number of nitrogen functional groups attached to an aromatic ring is 2. The summed E-state index contributed by atoms with van der Waals surface area (Å²) in [5.41, 5.74) is 15.2. The van der Waals surface area contributed by atoms with Crippen LogP contribution in [-0.4, -0.2) is 39.3 Å². The van der Waals surface area contributed by atoms with Crippen molar-refractivity contribution in [2.45, 2.75) is 6.18 Å². The Morgan fingerprint density at radius 1 is 1.19 bits per heavy atom. The number of carboxylic acid groups (broad SMARTS) is 1. The topological polar surface area (TPSA) is 140 Å². The summed E-state index contributed by atoms with van der Waals surface area (Å²) in [6.45, 7) is 0. The van der Waals surface area contributed by atoms with E-state index in [1.165, 1.54) is 0 Å². The summed E-state index contributed by atoms with van der Waals surface area (Å²) in [6, 6.07) is 9.30. The van der Waals surface area contributed by atoms with E-state index in [-0.39, 0.29) is 5.95 Å². The minimum atomic E-state index is -5.08. The Bertz CT molecular complexity index is 1290. The predicted molar refractivity (Wildman–Crippen MR) is 111 cm³/mol. The molecule has 0 saturated carbocycles. The Morgan fingerprint density at radius 2 is 1.87 bits per heavy atom. The molecule has 2 aromatic heterocycles. The monoisotopic (exact) mass is 453 g/mol. The number of aromatic nitrogens is 3. The standard InChI is InChI=1S/C17H14ClN5O.C2HF3O2/c1-24-13-3-2-8(18)6-10(13)11-7-12-14(9-4-5-21-15(9)11)16(19)23-17(20)22-12;3-2(4,5)1(6)7/h2-7H,19H2,1H3,(H3,20,22,23);(H,6,7). The number of hydrogen-bond acceptors (Lipinski definition) is 6. The van der Waals surface area contributed by atoms with Crippen LogP contribution in [0.3, 0.4) is 0 Å². The summed E-state index contributed by atoms with van der Waals surface area (Å²) < 4.78 is 37.2. The number of carbonyl (C=O) groups is 1. The second kappa shape index (κ2) is 8.19. The molecule has 12 heteroatoms. The lowest BCUT2D eigenvalue weighted by molar-refractivity contribution is -0.192. The molecule has 4 rings (SSSR count). The van der Waals surface area contributed by atoms with Gasteiger partial charge in [-0.05, 0) is 30.3 Å². The van der Waals surface area contributed by atoms with Crippen molar-refractivity contribution in [3.63, 3.8) is 0 Å². The molecule has 4 aromatic rings. The summed E-state index contributed by atoms with van der Waals surface area (Å²) >= 11 is 6.18. The van der Waals surface area contributed by atoms with Crippen LogP contribution in [0.25, 0.3) is 32.9 Å². The molecule has 0 amide bonds. The van der Waals surface area contributed by atoms with E-state index in [9.17, 15) is 13.2 Å². The number of aliphatic carboxylic acids is 1. The molecule has 0 bridgehead atoms. The largest absolute Gasteiger partial charge is 0.496 e. The number of aromatic amines is 1. The Balaban J connectivity index is 0.000000339. The van der Waals surface area contributed by atoms with Gasteiger partial charge in [0.25, 0.3) is 0 Å². The molecular weight excluding hydrogens is 439 g/mol. The maximum atomic E-state index is 10.6. The lowest BCUT2D eigenvalue weighted by Gasteiger charge is -2.13. The Morgan fingerprint density at radius 3 is 2.48 bits per heavy atom.